The summed E-state index contributed by atoms with van der Waals surface area (Å²) in [5.74, 6) is -0.229. The minimum Gasteiger partial charge on any atom is -0.334 e. The number of aromatic nitrogens is 3. The van der Waals surface area contributed by atoms with Crippen LogP contribution in [-0.4, -0.2) is 32.1 Å². The molecule has 1 atom stereocenters. The first kappa shape index (κ1) is 15.7. The van der Waals surface area contributed by atoms with E-state index in [9.17, 15) is 9.18 Å². The van der Waals surface area contributed by atoms with Crippen LogP contribution in [0, 0.1) is 12.7 Å². The first-order valence-electron chi connectivity index (χ1n) is 8.40. The van der Waals surface area contributed by atoms with Crippen molar-refractivity contribution in [2.45, 2.75) is 32.9 Å². The van der Waals surface area contributed by atoms with Gasteiger partial charge in [0.15, 0.2) is 5.65 Å². The lowest BCUT2D eigenvalue weighted by Crippen LogP contribution is -2.40. The van der Waals surface area contributed by atoms with Gasteiger partial charge in [-0.25, -0.2) is 14.1 Å². The molecule has 2 aromatic heterocycles. The minimum absolute atomic E-state index is 0.00229. The van der Waals surface area contributed by atoms with E-state index in [1.807, 2.05) is 30.9 Å². The van der Waals surface area contributed by atoms with Crippen molar-refractivity contribution < 1.29 is 9.18 Å². The maximum Gasteiger partial charge on any atom is 0.244 e. The Labute approximate surface area is 145 Å². The molecule has 0 saturated heterocycles. The molecular formula is C19H19FN4O. The molecule has 0 spiro atoms. The number of aryl methyl sites for hydroxylation is 1. The molecule has 25 heavy (non-hydrogen) atoms. The quantitative estimate of drug-likeness (QED) is 0.722. The molecule has 1 aliphatic heterocycles. The van der Waals surface area contributed by atoms with E-state index in [0.717, 1.165) is 27.9 Å². The van der Waals surface area contributed by atoms with Gasteiger partial charge in [0.1, 0.15) is 12.4 Å². The number of halogens is 1. The van der Waals surface area contributed by atoms with Gasteiger partial charge in [0.25, 0.3) is 0 Å². The Morgan fingerprint density at radius 2 is 2.20 bits per heavy atom. The Kier molecular flexibility index (Phi) is 3.75. The molecular weight excluding hydrogens is 319 g/mol. The highest BCUT2D eigenvalue weighted by Gasteiger charge is 2.28. The van der Waals surface area contributed by atoms with Crippen molar-refractivity contribution in [2.75, 3.05) is 6.54 Å². The third-order valence-electron chi connectivity index (χ3n) is 4.94. The predicted octanol–water partition coefficient (Wildman–Crippen LogP) is 3.02. The van der Waals surface area contributed by atoms with Crippen LogP contribution in [0.1, 0.15) is 29.8 Å². The molecule has 1 unspecified atom stereocenters. The standard InChI is InChI=1S/C19H19FN4O/c1-12-16-4-3-8-21-19(16)24(22-12)11-18(25)23-9-7-14-10-15(20)5-6-17(14)13(23)2/h3-6,8,10,13H,7,9,11H2,1-2H3. The SMILES string of the molecule is Cc1nn(CC(=O)N2CCc3cc(F)ccc3C2C)c2ncccc12. The van der Waals surface area contributed by atoms with Gasteiger partial charge in [-0.2, -0.15) is 5.10 Å². The van der Waals surface area contributed by atoms with E-state index >= 15 is 0 Å². The molecule has 4 rings (SSSR count). The largest absolute Gasteiger partial charge is 0.334 e. The van der Waals surface area contributed by atoms with E-state index in [2.05, 4.69) is 10.1 Å². The van der Waals surface area contributed by atoms with Gasteiger partial charge in [0, 0.05) is 18.1 Å². The molecule has 3 aromatic rings. The second kappa shape index (κ2) is 5.95. The number of rotatable bonds is 2. The molecule has 6 heteroatoms. The molecule has 0 aliphatic carbocycles. The first-order valence-corrected chi connectivity index (χ1v) is 8.40. The van der Waals surface area contributed by atoms with E-state index in [-0.39, 0.29) is 24.3 Å². The van der Waals surface area contributed by atoms with E-state index in [4.69, 9.17) is 0 Å². The number of benzene rings is 1. The van der Waals surface area contributed by atoms with Crippen LogP contribution >= 0.6 is 0 Å². The predicted molar refractivity (Wildman–Crippen MR) is 92.5 cm³/mol. The molecule has 0 N–H and O–H groups in total. The van der Waals surface area contributed by atoms with Crippen LogP contribution in [0.4, 0.5) is 4.39 Å². The summed E-state index contributed by atoms with van der Waals surface area (Å²) < 4.78 is 15.1. The molecule has 0 bridgehead atoms. The summed E-state index contributed by atoms with van der Waals surface area (Å²) in [7, 11) is 0. The number of amides is 1. The number of hydrogen-bond acceptors (Lipinski definition) is 3. The van der Waals surface area contributed by atoms with Crippen molar-refractivity contribution in [1.82, 2.24) is 19.7 Å². The molecule has 3 heterocycles. The van der Waals surface area contributed by atoms with Crippen LogP contribution < -0.4 is 0 Å². The molecule has 1 aliphatic rings. The molecule has 1 amide bonds. The number of hydrogen-bond donors (Lipinski definition) is 0. The van der Waals surface area contributed by atoms with Crippen molar-refractivity contribution in [1.29, 1.82) is 0 Å². The highest BCUT2D eigenvalue weighted by Crippen LogP contribution is 2.30. The third kappa shape index (κ3) is 2.67. The van der Waals surface area contributed by atoms with Crippen molar-refractivity contribution in [3.05, 3.63) is 59.2 Å². The lowest BCUT2D eigenvalue weighted by molar-refractivity contribution is -0.134. The molecule has 1 aromatic carbocycles. The Hall–Kier alpha value is -2.76. The maximum atomic E-state index is 13.4. The second-order valence-corrected chi connectivity index (χ2v) is 6.47. The monoisotopic (exact) mass is 338 g/mol. The van der Waals surface area contributed by atoms with Gasteiger partial charge in [-0.05, 0) is 55.7 Å². The highest BCUT2D eigenvalue weighted by molar-refractivity contribution is 5.82. The van der Waals surface area contributed by atoms with E-state index < -0.39 is 0 Å². The van der Waals surface area contributed by atoms with Gasteiger partial charge in [0.2, 0.25) is 5.91 Å². The number of pyridine rings is 1. The van der Waals surface area contributed by atoms with Gasteiger partial charge in [-0.1, -0.05) is 6.07 Å². The van der Waals surface area contributed by atoms with Crippen LogP contribution in [0.2, 0.25) is 0 Å². The Bertz CT molecular complexity index is 965. The summed E-state index contributed by atoms with van der Waals surface area (Å²) >= 11 is 0. The van der Waals surface area contributed by atoms with Crippen LogP contribution in [0.3, 0.4) is 0 Å². The first-order chi connectivity index (χ1) is 12.0. The molecule has 0 radical (unpaired) electrons. The lowest BCUT2D eigenvalue weighted by Gasteiger charge is -2.35. The van der Waals surface area contributed by atoms with E-state index in [0.29, 0.717) is 13.0 Å². The van der Waals surface area contributed by atoms with Gasteiger partial charge in [0.05, 0.1) is 11.7 Å². The van der Waals surface area contributed by atoms with E-state index in [1.165, 1.54) is 6.07 Å². The minimum atomic E-state index is -0.227. The zero-order valence-corrected chi connectivity index (χ0v) is 14.2. The van der Waals surface area contributed by atoms with Gasteiger partial charge in [-0.3, -0.25) is 4.79 Å². The highest BCUT2D eigenvalue weighted by atomic mass is 19.1. The fourth-order valence-corrected chi connectivity index (χ4v) is 3.64. The Morgan fingerprint density at radius 3 is 3.04 bits per heavy atom. The summed E-state index contributed by atoms with van der Waals surface area (Å²) in [6.07, 6.45) is 2.37. The molecule has 0 saturated carbocycles. The number of carbonyl (C=O) groups is 1. The number of nitrogens with zero attached hydrogens (tertiary/aromatic N) is 4. The average Bonchev–Trinajstić information content (AvgIpc) is 2.91. The Balaban J connectivity index is 1.60. The van der Waals surface area contributed by atoms with Crippen molar-refractivity contribution in [2.24, 2.45) is 0 Å². The summed E-state index contributed by atoms with van der Waals surface area (Å²) in [6, 6.07) is 8.56. The Morgan fingerprint density at radius 1 is 1.36 bits per heavy atom. The summed E-state index contributed by atoms with van der Waals surface area (Å²) in [4.78, 5) is 19.1. The van der Waals surface area contributed by atoms with Crippen molar-refractivity contribution >= 4 is 16.9 Å². The molecule has 5 nitrogen and oxygen atoms in total. The lowest BCUT2D eigenvalue weighted by atomic mass is 9.93. The van der Waals surface area contributed by atoms with Crippen molar-refractivity contribution in [3.63, 3.8) is 0 Å². The van der Waals surface area contributed by atoms with Crippen LogP contribution in [0.15, 0.2) is 36.5 Å². The fourth-order valence-electron chi connectivity index (χ4n) is 3.64. The summed E-state index contributed by atoms with van der Waals surface area (Å²) in [6.45, 7) is 4.64. The zero-order chi connectivity index (χ0) is 17.6. The van der Waals surface area contributed by atoms with Crippen molar-refractivity contribution in [3.8, 4) is 0 Å². The normalized spacial score (nSPS) is 16.9. The second-order valence-electron chi connectivity index (χ2n) is 6.47. The molecule has 128 valence electrons. The van der Waals surface area contributed by atoms with E-state index in [1.54, 1.807) is 23.0 Å². The van der Waals surface area contributed by atoms with Crippen LogP contribution in [0.25, 0.3) is 11.0 Å². The van der Waals surface area contributed by atoms with Crippen LogP contribution in [0.5, 0.6) is 0 Å². The van der Waals surface area contributed by atoms with Gasteiger partial charge in [-0.15, -0.1) is 0 Å². The smallest absolute Gasteiger partial charge is 0.244 e. The maximum absolute atomic E-state index is 13.4. The van der Waals surface area contributed by atoms with Crippen LogP contribution in [-0.2, 0) is 17.8 Å². The third-order valence-corrected chi connectivity index (χ3v) is 4.94. The summed E-state index contributed by atoms with van der Waals surface area (Å²) in [5, 5.41) is 5.42. The number of fused-ring (bicyclic) bond motifs is 2. The topological polar surface area (TPSA) is 51.0 Å². The average molecular weight is 338 g/mol. The molecule has 0 fully saturated rings. The zero-order valence-electron chi connectivity index (χ0n) is 14.2. The van der Waals surface area contributed by atoms with Gasteiger partial charge >= 0.3 is 0 Å². The number of carbonyl (C=O) groups excluding carboxylic acids is 1. The fraction of sp³-hybridized carbons (Fsp3) is 0.316. The van der Waals surface area contributed by atoms with Gasteiger partial charge < -0.3 is 4.90 Å². The summed E-state index contributed by atoms with van der Waals surface area (Å²) in [5.41, 5.74) is 3.59.